The summed E-state index contributed by atoms with van der Waals surface area (Å²) in [7, 11) is 1.67. The van der Waals surface area contributed by atoms with Gasteiger partial charge in [0.1, 0.15) is 0 Å². The first-order valence-electron chi connectivity index (χ1n) is 4.70. The lowest BCUT2D eigenvalue weighted by Gasteiger charge is -2.16. The zero-order valence-corrected chi connectivity index (χ0v) is 11.8. The molecule has 0 fully saturated rings. The molecule has 1 atom stereocenters. The number of halogens is 2. The zero-order valence-electron chi connectivity index (χ0n) is 8.58. The number of rotatable bonds is 6. The molecule has 4 heteroatoms. The molecule has 0 saturated heterocycles. The second-order valence-corrected chi connectivity index (χ2v) is 4.53. The van der Waals surface area contributed by atoms with Crippen molar-refractivity contribution in [3.8, 4) is 0 Å². The van der Waals surface area contributed by atoms with Gasteiger partial charge in [-0.25, -0.2) is 0 Å². The molecule has 0 amide bonds. The Morgan fingerprint density at radius 1 is 1.27 bits per heavy atom. The summed E-state index contributed by atoms with van der Waals surface area (Å²) >= 11 is 6.97. The summed E-state index contributed by atoms with van der Waals surface area (Å²) in [5.41, 5.74) is 1.16. The molecule has 0 saturated carbocycles. The van der Waals surface area contributed by atoms with E-state index in [4.69, 9.17) is 9.47 Å². The van der Waals surface area contributed by atoms with Gasteiger partial charge in [0.25, 0.3) is 0 Å². The van der Waals surface area contributed by atoms with Crippen LogP contribution in [0, 0.1) is 0 Å². The second kappa shape index (κ2) is 7.39. The van der Waals surface area contributed by atoms with Crippen LogP contribution in [-0.4, -0.2) is 25.7 Å². The largest absolute Gasteiger partial charge is 0.382 e. The molecule has 0 aliphatic heterocycles. The molecule has 1 aromatic rings. The first kappa shape index (κ1) is 13.2. The van der Waals surface area contributed by atoms with Gasteiger partial charge >= 0.3 is 0 Å². The van der Waals surface area contributed by atoms with Crippen molar-refractivity contribution in [1.82, 2.24) is 0 Å². The van der Waals surface area contributed by atoms with Crippen LogP contribution in [0.1, 0.15) is 11.7 Å². The van der Waals surface area contributed by atoms with E-state index in [1.807, 2.05) is 18.2 Å². The van der Waals surface area contributed by atoms with Crippen LogP contribution in [0.4, 0.5) is 0 Å². The van der Waals surface area contributed by atoms with Crippen LogP contribution in [0.2, 0.25) is 0 Å². The van der Waals surface area contributed by atoms with Crippen LogP contribution >= 0.6 is 31.9 Å². The maximum absolute atomic E-state index is 5.70. The number of hydrogen-bond donors (Lipinski definition) is 0. The number of alkyl halides is 1. The van der Waals surface area contributed by atoms with Gasteiger partial charge in [-0.15, -0.1) is 0 Å². The van der Waals surface area contributed by atoms with E-state index in [2.05, 4.69) is 37.9 Å². The van der Waals surface area contributed by atoms with Crippen molar-refractivity contribution in [2.45, 2.75) is 6.10 Å². The third-order valence-electron chi connectivity index (χ3n) is 2.00. The Morgan fingerprint density at radius 2 is 2.00 bits per heavy atom. The van der Waals surface area contributed by atoms with E-state index in [1.165, 1.54) is 0 Å². The average Bonchev–Trinajstić information content (AvgIpc) is 2.26. The van der Waals surface area contributed by atoms with Crippen LogP contribution < -0.4 is 0 Å². The average molecular weight is 338 g/mol. The van der Waals surface area contributed by atoms with E-state index in [0.717, 1.165) is 15.4 Å². The van der Waals surface area contributed by atoms with E-state index in [1.54, 1.807) is 7.11 Å². The Labute approximate surface area is 107 Å². The molecule has 0 heterocycles. The summed E-state index contributed by atoms with van der Waals surface area (Å²) in [6, 6.07) is 8.08. The molecule has 15 heavy (non-hydrogen) atoms. The van der Waals surface area contributed by atoms with Crippen LogP contribution in [-0.2, 0) is 9.47 Å². The predicted molar refractivity (Wildman–Crippen MR) is 68.5 cm³/mol. The van der Waals surface area contributed by atoms with Crippen LogP contribution in [0.25, 0.3) is 0 Å². The smallest absolute Gasteiger partial charge is 0.0933 e. The Kier molecular flexibility index (Phi) is 6.48. The highest BCUT2D eigenvalue weighted by Crippen LogP contribution is 2.27. The highest BCUT2D eigenvalue weighted by atomic mass is 79.9. The Hall–Kier alpha value is 0.1000. The molecule has 0 bridgehead atoms. The molecule has 1 rings (SSSR count). The van der Waals surface area contributed by atoms with Crippen molar-refractivity contribution in [1.29, 1.82) is 0 Å². The molecule has 0 aromatic heterocycles. The number of ether oxygens (including phenoxy) is 2. The van der Waals surface area contributed by atoms with E-state index in [9.17, 15) is 0 Å². The summed E-state index contributed by atoms with van der Waals surface area (Å²) in [6.45, 7) is 1.22. The lowest BCUT2D eigenvalue weighted by molar-refractivity contribution is 0.0281. The fourth-order valence-corrected chi connectivity index (χ4v) is 2.30. The van der Waals surface area contributed by atoms with Crippen molar-refractivity contribution in [3.05, 3.63) is 34.3 Å². The summed E-state index contributed by atoms with van der Waals surface area (Å²) in [5, 5.41) is 0.777. The fourth-order valence-electron chi connectivity index (χ4n) is 1.23. The molecule has 0 radical (unpaired) electrons. The summed E-state index contributed by atoms with van der Waals surface area (Å²) in [4.78, 5) is 0. The normalized spacial score (nSPS) is 12.7. The topological polar surface area (TPSA) is 18.5 Å². The second-order valence-electron chi connectivity index (χ2n) is 3.03. The third-order valence-corrected chi connectivity index (χ3v) is 3.31. The summed E-state index contributed by atoms with van der Waals surface area (Å²) < 4.78 is 11.7. The van der Waals surface area contributed by atoms with Gasteiger partial charge in [0, 0.05) is 16.9 Å². The lowest BCUT2D eigenvalue weighted by atomic mass is 10.1. The van der Waals surface area contributed by atoms with Crippen LogP contribution in [0.15, 0.2) is 28.7 Å². The molecule has 1 unspecified atom stereocenters. The van der Waals surface area contributed by atoms with Crippen molar-refractivity contribution < 1.29 is 9.47 Å². The van der Waals surface area contributed by atoms with Gasteiger partial charge in [0.2, 0.25) is 0 Å². The minimum absolute atomic E-state index is 0.0655. The minimum Gasteiger partial charge on any atom is -0.382 e. The number of hydrogen-bond acceptors (Lipinski definition) is 2. The Balaban J connectivity index is 2.61. The van der Waals surface area contributed by atoms with Gasteiger partial charge in [0.15, 0.2) is 0 Å². The monoisotopic (exact) mass is 336 g/mol. The highest BCUT2D eigenvalue weighted by Gasteiger charge is 2.12. The number of methoxy groups -OCH3 is 1. The van der Waals surface area contributed by atoms with Crippen LogP contribution in [0.5, 0.6) is 0 Å². The highest BCUT2D eigenvalue weighted by molar-refractivity contribution is 9.10. The first-order valence-corrected chi connectivity index (χ1v) is 6.62. The summed E-state index contributed by atoms with van der Waals surface area (Å²) in [6.07, 6.45) is 0.0655. The Bertz CT molecular complexity index is 292. The van der Waals surface area contributed by atoms with E-state index < -0.39 is 0 Å². The quantitative estimate of drug-likeness (QED) is 0.584. The van der Waals surface area contributed by atoms with Gasteiger partial charge < -0.3 is 9.47 Å². The van der Waals surface area contributed by atoms with E-state index >= 15 is 0 Å². The van der Waals surface area contributed by atoms with Crippen molar-refractivity contribution in [3.63, 3.8) is 0 Å². The lowest BCUT2D eigenvalue weighted by Crippen LogP contribution is -2.10. The van der Waals surface area contributed by atoms with Gasteiger partial charge in [-0.1, -0.05) is 50.1 Å². The van der Waals surface area contributed by atoms with E-state index in [0.29, 0.717) is 13.2 Å². The number of benzene rings is 1. The predicted octanol–water partition coefficient (Wildman–Crippen LogP) is 3.55. The van der Waals surface area contributed by atoms with E-state index in [-0.39, 0.29) is 6.10 Å². The molecule has 84 valence electrons. The van der Waals surface area contributed by atoms with Crippen molar-refractivity contribution in [2.75, 3.05) is 25.7 Å². The van der Waals surface area contributed by atoms with Gasteiger partial charge in [-0.2, -0.15) is 0 Å². The zero-order chi connectivity index (χ0) is 11.1. The molecule has 2 nitrogen and oxygen atoms in total. The first-order chi connectivity index (χ1) is 7.29. The van der Waals surface area contributed by atoms with Gasteiger partial charge in [0.05, 0.1) is 19.3 Å². The van der Waals surface area contributed by atoms with Gasteiger partial charge in [-0.05, 0) is 11.6 Å². The third kappa shape index (κ3) is 4.23. The van der Waals surface area contributed by atoms with Gasteiger partial charge in [-0.3, -0.25) is 0 Å². The standard InChI is InChI=1S/C11H14Br2O2/c1-14-6-7-15-11(8-12)9-4-2-3-5-10(9)13/h2-5,11H,6-8H2,1H3. The molecule has 0 aliphatic rings. The molecule has 0 aliphatic carbocycles. The van der Waals surface area contributed by atoms with Crippen molar-refractivity contribution >= 4 is 31.9 Å². The SMILES string of the molecule is COCCOC(CBr)c1ccccc1Br. The van der Waals surface area contributed by atoms with Crippen molar-refractivity contribution in [2.24, 2.45) is 0 Å². The molecular formula is C11H14Br2O2. The minimum atomic E-state index is 0.0655. The molecule has 0 N–H and O–H groups in total. The fraction of sp³-hybridized carbons (Fsp3) is 0.455. The molecule has 1 aromatic carbocycles. The molecule has 0 spiro atoms. The Morgan fingerprint density at radius 3 is 2.60 bits per heavy atom. The maximum Gasteiger partial charge on any atom is 0.0933 e. The maximum atomic E-state index is 5.70. The molecular weight excluding hydrogens is 324 g/mol. The summed E-state index contributed by atoms with van der Waals surface area (Å²) in [5.74, 6) is 0. The van der Waals surface area contributed by atoms with Crippen LogP contribution in [0.3, 0.4) is 0 Å².